The van der Waals surface area contributed by atoms with Gasteiger partial charge in [-0.1, -0.05) is 24.6 Å². The molecule has 0 amide bonds. The van der Waals surface area contributed by atoms with E-state index in [1.54, 1.807) is 18.3 Å². The molecule has 1 aromatic carbocycles. The molecule has 2 atom stereocenters. The lowest BCUT2D eigenvalue weighted by atomic mass is 9.67. The van der Waals surface area contributed by atoms with Gasteiger partial charge in [-0.25, -0.2) is 0 Å². The molecule has 4 rings (SSSR count). The molecule has 1 aliphatic heterocycles. The summed E-state index contributed by atoms with van der Waals surface area (Å²) in [6, 6.07) is 12.7. The van der Waals surface area contributed by atoms with Crippen LogP contribution in [-0.2, 0) is 5.41 Å². The Morgan fingerprint density at radius 3 is 2.95 bits per heavy atom. The summed E-state index contributed by atoms with van der Waals surface area (Å²) in [5.41, 5.74) is 2.64. The van der Waals surface area contributed by atoms with E-state index in [0.29, 0.717) is 5.92 Å². The van der Waals surface area contributed by atoms with E-state index in [4.69, 9.17) is 0 Å². The zero-order chi connectivity index (χ0) is 15.2. The first-order valence-electron chi connectivity index (χ1n) is 7.93. The fraction of sp³-hybridized carbons (Fsp3) is 0.368. The number of aliphatic imine (C=N–C) groups is 1. The summed E-state index contributed by atoms with van der Waals surface area (Å²) in [5.74, 6) is 0.721. The normalized spacial score (nSPS) is 26.3. The Bertz CT molecular complexity index is 760. The zero-order valence-electron chi connectivity index (χ0n) is 12.7. The third-order valence-corrected chi connectivity index (χ3v) is 6.40. The number of hydrogen-bond acceptors (Lipinski definition) is 3. The standard InChI is InChI=1S/C19H19NOS/c1-13(21)17-8-9-18(22-17)14-5-4-10-19(11-14)12-20-16-7-3-2-6-15(16)19/h2-3,6-9,12,14H,4-5,10-11H2,1H3. The lowest BCUT2D eigenvalue weighted by Crippen LogP contribution is -2.31. The van der Waals surface area contributed by atoms with Gasteiger partial charge in [0.2, 0.25) is 0 Å². The highest BCUT2D eigenvalue weighted by Crippen LogP contribution is 2.50. The summed E-state index contributed by atoms with van der Waals surface area (Å²) < 4.78 is 0. The first-order chi connectivity index (χ1) is 10.7. The second-order valence-corrected chi connectivity index (χ2v) is 7.60. The molecule has 3 heteroatoms. The van der Waals surface area contributed by atoms with Crippen LogP contribution in [0.1, 0.15) is 58.6 Å². The molecule has 2 nitrogen and oxygen atoms in total. The van der Waals surface area contributed by atoms with Gasteiger partial charge in [0.1, 0.15) is 0 Å². The monoisotopic (exact) mass is 309 g/mol. The summed E-state index contributed by atoms with van der Waals surface area (Å²) >= 11 is 1.68. The molecular weight excluding hydrogens is 290 g/mol. The molecule has 0 bridgehead atoms. The van der Waals surface area contributed by atoms with E-state index in [9.17, 15) is 4.79 Å². The maximum absolute atomic E-state index is 11.5. The second-order valence-electron chi connectivity index (χ2n) is 6.48. The van der Waals surface area contributed by atoms with Gasteiger partial charge in [-0.2, -0.15) is 0 Å². The Kier molecular flexibility index (Phi) is 3.26. The summed E-state index contributed by atoms with van der Waals surface area (Å²) in [4.78, 5) is 18.5. The number of ketones is 1. The van der Waals surface area contributed by atoms with Crippen LogP contribution >= 0.6 is 11.3 Å². The van der Waals surface area contributed by atoms with Crippen LogP contribution in [0.15, 0.2) is 41.4 Å². The second kappa shape index (κ2) is 5.17. The fourth-order valence-electron chi connectivity index (χ4n) is 3.94. The third kappa shape index (κ3) is 2.15. The molecule has 2 unspecified atom stereocenters. The highest BCUT2D eigenvalue weighted by atomic mass is 32.1. The van der Waals surface area contributed by atoms with Crippen molar-refractivity contribution in [3.05, 3.63) is 51.7 Å². The number of hydrogen-bond donors (Lipinski definition) is 0. The summed E-state index contributed by atoms with van der Waals surface area (Å²) in [6.07, 6.45) is 6.93. The lowest BCUT2D eigenvalue weighted by Gasteiger charge is -2.36. The minimum atomic E-state index is 0.111. The van der Waals surface area contributed by atoms with E-state index in [1.165, 1.54) is 29.7 Å². The quantitative estimate of drug-likeness (QED) is 0.696. The highest BCUT2D eigenvalue weighted by molar-refractivity contribution is 7.14. The van der Waals surface area contributed by atoms with Gasteiger partial charge >= 0.3 is 0 Å². The first-order valence-corrected chi connectivity index (χ1v) is 8.75. The molecule has 0 saturated heterocycles. The van der Waals surface area contributed by atoms with Crippen LogP contribution in [0, 0.1) is 0 Å². The Hall–Kier alpha value is -1.74. The van der Waals surface area contributed by atoms with Crippen molar-refractivity contribution in [2.75, 3.05) is 0 Å². The van der Waals surface area contributed by atoms with Crippen molar-refractivity contribution >= 4 is 29.0 Å². The largest absolute Gasteiger partial charge is 0.294 e. The fourth-order valence-corrected chi connectivity index (χ4v) is 4.98. The molecule has 1 fully saturated rings. The van der Waals surface area contributed by atoms with Gasteiger partial charge in [-0.15, -0.1) is 11.3 Å². The van der Waals surface area contributed by atoms with Crippen LogP contribution in [0.4, 0.5) is 5.69 Å². The SMILES string of the molecule is CC(=O)c1ccc(C2CCCC3(C=Nc4ccccc43)C2)s1. The maximum Gasteiger partial charge on any atom is 0.169 e. The van der Waals surface area contributed by atoms with Crippen LogP contribution in [0.3, 0.4) is 0 Å². The molecule has 2 heterocycles. The highest BCUT2D eigenvalue weighted by Gasteiger charge is 2.41. The van der Waals surface area contributed by atoms with Crippen LogP contribution < -0.4 is 0 Å². The topological polar surface area (TPSA) is 29.4 Å². The van der Waals surface area contributed by atoms with Gasteiger partial charge in [-0.05, 0) is 55.9 Å². The Labute approximate surface area is 134 Å². The van der Waals surface area contributed by atoms with Crippen LogP contribution in [-0.4, -0.2) is 12.0 Å². The Balaban J connectivity index is 1.65. The van der Waals surface area contributed by atoms with Crippen molar-refractivity contribution in [3.8, 4) is 0 Å². The molecule has 2 aromatic rings. The van der Waals surface area contributed by atoms with E-state index in [2.05, 4.69) is 41.5 Å². The number of carbonyl (C=O) groups excluding carboxylic acids is 1. The molecule has 2 aliphatic rings. The predicted octanol–water partition coefficient (Wildman–Crippen LogP) is 5.26. The van der Waals surface area contributed by atoms with Gasteiger partial charge in [0.15, 0.2) is 5.78 Å². The van der Waals surface area contributed by atoms with Crippen molar-refractivity contribution in [2.24, 2.45) is 4.99 Å². The number of benzene rings is 1. The minimum Gasteiger partial charge on any atom is -0.294 e. The first kappa shape index (κ1) is 13.9. The van der Waals surface area contributed by atoms with Crippen molar-refractivity contribution in [3.63, 3.8) is 0 Å². The molecule has 22 heavy (non-hydrogen) atoms. The number of Topliss-reactive ketones (excluding diaryl/α,β-unsaturated/α-hetero) is 1. The van der Waals surface area contributed by atoms with Crippen molar-refractivity contribution in [1.82, 2.24) is 0 Å². The van der Waals surface area contributed by atoms with Crippen molar-refractivity contribution in [2.45, 2.75) is 43.9 Å². The molecule has 1 aromatic heterocycles. The van der Waals surface area contributed by atoms with Gasteiger partial charge < -0.3 is 0 Å². The summed E-state index contributed by atoms with van der Waals surface area (Å²) in [6.45, 7) is 1.65. The third-order valence-electron chi connectivity index (χ3n) is 5.05. The minimum absolute atomic E-state index is 0.111. The number of para-hydroxylation sites is 1. The lowest BCUT2D eigenvalue weighted by molar-refractivity contribution is 0.102. The van der Waals surface area contributed by atoms with Gasteiger partial charge in [-0.3, -0.25) is 9.79 Å². The van der Waals surface area contributed by atoms with E-state index < -0.39 is 0 Å². The number of carbonyl (C=O) groups is 1. The Morgan fingerprint density at radius 1 is 1.27 bits per heavy atom. The van der Waals surface area contributed by atoms with Crippen LogP contribution in [0.2, 0.25) is 0 Å². The molecule has 0 N–H and O–H groups in total. The van der Waals surface area contributed by atoms with E-state index in [0.717, 1.165) is 17.0 Å². The summed E-state index contributed by atoms with van der Waals surface area (Å²) in [7, 11) is 0. The maximum atomic E-state index is 11.5. The molecule has 0 radical (unpaired) electrons. The number of fused-ring (bicyclic) bond motifs is 2. The van der Waals surface area contributed by atoms with Gasteiger partial charge in [0, 0.05) is 16.5 Å². The van der Waals surface area contributed by atoms with Gasteiger partial charge in [0.25, 0.3) is 0 Å². The van der Waals surface area contributed by atoms with Crippen molar-refractivity contribution < 1.29 is 4.79 Å². The number of thiophene rings is 1. The molecule has 1 saturated carbocycles. The Morgan fingerprint density at radius 2 is 2.14 bits per heavy atom. The van der Waals surface area contributed by atoms with Gasteiger partial charge in [0.05, 0.1) is 10.6 Å². The van der Waals surface area contributed by atoms with E-state index in [-0.39, 0.29) is 11.2 Å². The predicted molar refractivity (Wildman–Crippen MR) is 91.8 cm³/mol. The smallest absolute Gasteiger partial charge is 0.169 e. The van der Waals surface area contributed by atoms with Crippen LogP contribution in [0.25, 0.3) is 0 Å². The zero-order valence-corrected chi connectivity index (χ0v) is 13.5. The molecule has 1 aliphatic carbocycles. The average Bonchev–Trinajstić information content (AvgIpc) is 3.15. The molecule has 112 valence electrons. The van der Waals surface area contributed by atoms with Crippen molar-refractivity contribution in [1.29, 1.82) is 0 Å². The number of nitrogens with zero attached hydrogens (tertiary/aromatic N) is 1. The average molecular weight is 309 g/mol. The number of rotatable bonds is 2. The summed E-state index contributed by atoms with van der Waals surface area (Å²) in [5, 5.41) is 0. The molecule has 1 spiro atoms. The van der Waals surface area contributed by atoms with E-state index >= 15 is 0 Å². The van der Waals surface area contributed by atoms with E-state index in [1.807, 2.05) is 6.07 Å². The van der Waals surface area contributed by atoms with Crippen LogP contribution in [0.5, 0.6) is 0 Å². The molecular formula is C19H19NOS.